The average molecular weight is 316 g/mol. The molecule has 124 valence electrons. The first kappa shape index (κ1) is 15.8. The molecule has 3 rings (SSSR count). The molecule has 1 heterocycles. The number of likely N-dealkylation sites (tertiary alicyclic amines) is 1. The molecule has 1 saturated carbocycles. The lowest BCUT2D eigenvalue weighted by Crippen LogP contribution is -2.59. The van der Waals surface area contributed by atoms with Gasteiger partial charge < -0.3 is 15.4 Å². The predicted octanol–water partition coefficient (Wildman–Crippen LogP) is 1.82. The minimum atomic E-state index is -0.514. The molecule has 1 saturated heterocycles. The summed E-state index contributed by atoms with van der Waals surface area (Å²) in [6.07, 6.45) is 1.08. The third kappa shape index (κ3) is 2.69. The standard InChI is InChI=1S/C18H24N2O3/c1-17(2)11-18(16(19)22)12-20(10-14(17)18)15(21)8-9-23-13-6-4-3-5-7-13/h3-7,14H,8-12H2,1-2H3,(H2,19,22)/t14-,18+/m1/s1. The Hall–Kier alpha value is -2.04. The Morgan fingerprint density at radius 3 is 2.57 bits per heavy atom. The maximum Gasteiger partial charge on any atom is 0.226 e. The van der Waals surface area contributed by atoms with Gasteiger partial charge in [-0.1, -0.05) is 32.0 Å². The highest BCUT2D eigenvalue weighted by molar-refractivity contribution is 5.86. The van der Waals surface area contributed by atoms with E-state index in [9.17, 15) is 9.59 Å². The van der Waals surface area contributed by atoms with Crippen LogP contribution >= 0.6 is 0 Å². The normalized spacial score (nSPS) is 27.9. The maximum atomic E-state index is 12.4. The lowest BCUT2D eigenvalue weighted by molar-refractivity contribution is -0.148. The van der Waals surface area contributed by atoms with E-state index in [0.29, 0.717) is 26.1 Å². The van der Waals surface area contributed by atoms with Crippen LogP contribution in [0.25, 0.3) is 0 Å². The van der Waals surface area contributed by atoms with Crippen LogP contribution in [0.4, 0.5) is 0 Å². The van der Waals surface area contributed by atoms with Crippen molar-refractivity contribution in [2.75, 3.05) is 19.7 Å². The second kappa shape index (κ2) is 5.55. The van der Waals surface area contributed by atoms with Crippen molar-refractivity contribution in [3.8, 4) is 5.75 Å². The molecule has 2 atom stereocenters. The number of nitrogens with zero attached hydrogens (tertiary/aromatic N) is 1. The summed E-state index contributed by atoms with van der Waals surface area (Å²) in [5, 5.41) is 0. The summed E-state index contributed by atoms with van der Waals surface area (Å²) in [4.78, 5) is 26.1. The fraction of sp³-hybridized carbons (Fsp3) is 0.556. The van der Waals surface area contributed by atoms with E-state index in [4.69, 9.17) is 10.5 Å². The number of hydrogen-bond donors (Lipinski definition) is 1. The number of nitrogens with two attached hydrogens (primary N) is 1. The Bertz CT molecular complexity index is 614. The second-order valence-electron chi connectivity index (χ2n) is 7.42. The van der Waals surface area contributed by atoms with Crippen LogP contribution in [0.2, 0.25) is 0 Å². The van der Waals surface area contributed by atoms with Gasteiger partial charge in [-0.15, -0.1) is 0 Å². The molecule has 0 spiro atoms. The number of para-hydroxylation sites is 1. The quantitative estimate of drug-likeness (QED) is 0.900. The van der Waals surface area contributed by atoms with Crippen molar-refractivity contribution in [3.05, 3.63) is 30.3 Å². The molecule has 1 aromatic carbocycles. The molecular weight excluding hydrogens is 292 g/mol. The summed E-state index contributed by atoms with van der Waals surface area (Å²) in [6.45, 7) is 5.72. The van der Waals surface area contributed by atoms with Crippen molar-refractivity contribution < 1.29 is 14.3 Å². The number of benzene rings is 1. The Kier molecular flexibility index (Phi) is 3.82. The number of carbonyl (C=O) groups excluding carboxylic acids is 2. The van der Waals surface area contributed by atoms with Crippen LogP contribution in [0.3, 0.4) is 0 Å². The summed E-state index contributed by atoms with van der Waals surface area (Å²) >= 11 is 0. The summed E-state index contributed by atoms with van der Waals surface area (Å²) in [6, 6.07) is 9.45. The van der Waals surface area contributed by atoms with Crippen LogP contribution < -0.4 is 10.5 Å². The molecule has 2 amide bonds. The van der Waals surface area contributed by atoms with E-state index < -0.39 is 5.41 Å². The van der Waals surface area contributed by atoms with Crippen molar-refractivity contribution >= 4 is 11.8 Å². The van der Waals surface area contributed by atoms with Gasteiger partial charge in [0, 0.05) is 13.1 Å². The third-order valence-electron chi connectivity index (χ3n) is 5.43. The lowest BCUT2D eigenvalue weighted by atomic mass is 9.48. The Morgan fingerprint density at radius 2 is 2.00 bits per heavy atom. The van der Waals surface area contributed by atoms with Gasteiger partial charge in [0.25, 0.3) is 0 Å². The molecule has 2 fully saturated rings. The molecule has 0 unspecified atom stereocenters. The predicted molar refractivity (Wildman–Crippen MR) is 86.6 cm³/mol. The van der Waals surface area contributed by atoms with Crippen LogP contribution in [0.1, 0.15) is 26.7 Å². The molecule has 1 aromatic rings. The maximum absolute atomic E-state index is 12.4. The Labute approximate surface area is 136 Å². The minimum absolute atomic E-state index is 0.0340. The zero-order valence-electron chi connectivity index (χ0n) is 13.7. The van der Waals surface area contributed by atoms with Gasteiger partial charge in [-0.2, -0.15) is 0 Å². The number of hydrogen-bond acceptors (Lipinski definition) is 3. The van der Waals surface area contributed by atoms with Crippen LogP contribution in [0.15, 0.2) is 30.3 Å². The highest BCUT2D eigenvalue weighted by atomic mass is 16.5. The topological polar surface area (TPSA) is 72.6 Å². The zero-order chi connectivity index (χ0) is 16.7. The molecular formula is C18H24N2O3. The number of fused-ring (bicyclic) bond motifs is 1. The fourth-order valence-electron chi connectivity index (χ4n) is 4.35. The van der Waals surface area contributed by atoms with Crippen LogP contribution in [-0.4, -0.2) is 36.4 Å². The van der Waals surface area contributed by atoms with Crippen molar-refractivity contribution in [3.63, 3.8) is 0 Å². The molecule has 0 aromatic heterocycles. The van der Waals surface area contributed by atoms with Gasteiger partial charge in [0.15, 0.2) is 0 Å². The van der Waals surface area contributed by atoms with Gasteiger partial charge >= 0.3 is 0 Å². The van der Waals surface area contributed by atoms with Gasteiger partial charge in [-0.3, -0.25) is 9.59 Å². The lowest BCUT2D eigenvalue weighted by Gasteiger charge is -2.54. The molecule has 0 bridgehead atoms. The van der Waals surface area contributed by atoms with Crippen molar-refractivity contribution in [1.29, 1.82) is 0 Å². The van der Waals surface area contributed by atoms with Gasteiger partial charge in [0.05, 0.1) is 18.4 Å². The molecule has 5 nitrogen and oxygen atoms in total. The number of primary amides is 1. The van der Waals surface area contributed by atoms with E-state index in [1.807, 2.05) is 30.3 Å². The van der Waals surface area contributed by atoms with E-state index in [1.165, 1.54) is 0 Å². The van der Waals surface area contributed by atoms with Gasteiger partial charge in [0.1, 0.15) is 5.75 Å². The Morgan fingerprint density at radius 1 is 1.30 bits per heavy atom. The van der Waals surface area contributed by atoms with Gasteiger partial charge in [-0.25, -0.2) is 0 Å². The molecule has 1 aliphatic carbocycles. The first-order chi connectivity index (χ1) is 10.8. The molecule has 23 heavy (non-hydrogen) atoms. The monoisotopic (exact) mass is 316 g/mol. The van der Waals surface area contributed by atoms with Gasteiger partial charge in [0.2, 0.25) is 11.8 Å². The van der Waals surface area contributed by atoms with Crippen LogP contribution in [0.5, 0.6) is 5.75 Å². The van der Waals surface area contributed by atoms with Crippen molar-refractivity contribution in [2.24, 2.45) is 22.5 Å². The number of ether oxygens (including phenoxy) is 1. The molecule has 1 aliphatic heterocycles. The number of rotatable bonds is 5. The summed E-state index contributed by atoms with van der Waals surface area (Å²) in [5.41, 5.74) is 5.19. The van der Waals surface area contributed by atoms with E-state index in [0.717, 1.165) is 12.2 Å². The first-order valence-electron chi connectivity index (χ1n) is 8.11. The molecule has 2 N–H and O–H groups in total. The molecule has 0 radical (unpaired) electrons. The highest BCUT2D eigenvalue weighted by Gasteiger charge is 2.66. The largest absolute Gasteiger partial charge is 0.493 e. The number of amides is 2. The van der Waals surface area contributed by atoms with Crippen molar-refractivity contribution in [1.82, 2.24) is 4.90 Å². The SMILES string of the molecule is CC1(C)C[C@]2(C(N)=O)CN(C(=O)CCOc3ccccc3)C[C@H]12. The highest BCUT2D eigenvalue weighted by Crippen LogP contribution is 2.62. The smallest absolute Gasteiger partial charge is 0.226 e. The first-order valence-corrected chi connectivity index (χ1v) is 8.11. The average Bonchev–Trinajstić information content (AvgIpc) is 2.84. The third-order valence-corrected chi connectivity index (χ3v) is 5.43. The van der Waals surface area contributed by atoms with Crippen LogP contribution in [0, 0.1) is 16.7 Å². The van der Waals surface area contributed by atoms with E-state index in [2.05, 4.69) is 13.8 Å². The molecule has 2 aliphatic rings. The van der Waals surface area contributed by atoms with Gasteiger partial charge in [-0.05, 0) is 29.9 Å². The van der Waals surface area contributed by atoms with Crippen LogP contribution in [-0.2, 0) is 9.59 Å². The molecule has 5 heteroatoms. The summed E-state index contributed by atoms with van der Waals surface area (Å²) < 4.78 is 5.58. The van der Waals surface area contributed by atoms with E-state index in [1.54, 1.807) is 4.90 Å². The summed E-state index contributed by atoms with van der Waals surface area (Å²) in [5.74, 6) is 0.701. The fourth-order valence-corrected chi connectivity index (χ4v) is 4.35. The zero-order valence-corrected chi connectivity index (χ0v) is 13.7. The minimum Gasteiger partial charge on any atom is -0.493 e. The van der Waals surface area contributed by atoms with E-state index >= 15 is 0 Å². The van der Waals surface area contributed by atoms with E-state index in [-0.39, 0.29) is 23.1 Å². The number of carbonyl (C=O) groups is 2. The van der Waals surface area contributed by atoms with Crippen molar-refractivity contribution in [2.45, 2.75) is 26.7 Å². The second-order valence-corrected chi connectivity index (χ2v) is 7.42. The summed E-state index contributed by atoms with van der Waals surface area (Å²) in [7, 11) is 0. The Balaban J connectivity index is 1.56.